The molecule has 0 bridgehead atoms. The fraction of sp³-hybridized carbons (Fsp3) is 0.214. The number of benzene rings is 1. The quantitative estimate of drug-likeness (QED) is 0.437. The fourth-order valence-electron chi connectivity index (χ4n) is 1.28. The molecular formula is C14H16O2S. The van der Waals surface area contributed by atoms with Gasteiger partial charge < -0.3 is 4.74 Å². The van der Waals surface area contributed by atoms with Gasteiger partial charge in [0.2, 0.25) is 0 Å². The third-order valence-corrected chi connectivity index (χ3v) is 3.08. The van der Waals surface area contributed by atoms with Crippen molar-refractivity contribution >= 4 is 17.7 Å². The Labute approximate surface area is 106 Å². The second-order valence-electron chi connectivity index (χ2n) is 3.42. The first-order valence-electron chi connectivity index (χ1n) is 5.31. The van der Waals surface area contributed by atoms with Crippen molar-refractivity contribution in [2.45, 2.75) is 12.2 Å². The lowest BCUT2D eigenvalue weighted by Gasteiger charge is -2.02. The van der Waals surface area contributed by atoms with Crippen molar-refractivity contribution in [3.8, 4) is 0 Å². The highest BCUT2D eigenvalue weighted by Crippen LogP contribution is 2.17. The number of esters is 1. The van der Waals surface area contributed by atoms with E-state index in [0.717, 1.165) is 5.75 Å². The Balaban J connectivity index is 2.55. The van der Waals surface area contributed by atoms with Gasteiger partial charge >= 0.3 is 5.97 Å². The molecule has 90 valence electrons. The van der Waals surface area contributed by atoms with E-state index >= 15 is 0 Å². The maximum Gasteiger partial charge on any atom is 0.334 e. The molecule has 0 aliphatic carbocycles. The summed E-state index contributed by atoms with van der Waals surface area (Å²) in [5.41, 5.74) is 1.88. The van der Waals surface area contributed by atoms with Crippen molar-refractivity contribution in [3.05, 3.63) is 59.5 Å². The number of carbonyl (C=O) groups is 1. The molecule has 1 aromatic rings. The number of hydrogen-bond acceptors (Lipinski definition) is 3. The van der Waals surface area contributed by atoms with Crippen LogP contribution in [0.3, 0.4) is 0 Å². The largest absolute Gasteiger partial charge is 0.466 e. The molecule has 3 heteroatoms. The maximum absolute atomic E-state index is 11.4. The molecule has 0 aliphatic rings. The topological polar surface area (TPSA) is 26.3 Å². The molecular weight excluding hydrogens is 232 g/mol. The van der Waals surface area contributed by atoms with Crippen LogP contribution in [0.2, 0.25) is 0 Å². The zero-order valence-electron chi connectivity index (χ0n) is 9.89. The van der Waals surface area contributed by atoms with Crippen LogP contribution in [-0.4, -0.2) is 13.1 Å². The van der Waals surface area contributed by atoms with Crippen LogP contribution in [0.1, 0.15) is 12.0 Å². The van der Waals surface area contributed by atoms with Crippen LogP contribution < -0.4 is 0 Å². The average molecular weight is 248 g/mol. The first-order valence-corrected chi connectivity index (χ1v) is 6.36. The van der Waals surface area contributed by atoms with Crippen LogP contribution in [0, 0.1) is 0 Å². The SMILES string of the molecule is C=CC/C(=C\SCc1ccccc1)C(=O)OC. The molecule has 0 aliphatic heterocycles. The van der Waals surface area contributed by atoms with Crippen LogP contribution in [0.4, 0.5) is 0 Å². The van der Waals surface area contributed by atoms with E-state index in [0.29, 0.717) is 12.0 Å². The summed E-state index contributed by atoms with van der Waals surface area (Å²) < 4.78 is 4.70. The minimum atomic E-state index is -0.287. The van der Waals surface area contributed by atoms with Gasteiger partial charge in [-0.1, -0.05) is 36.4 Å². The van der Waals surface area contributed by atoms with E-state index in [4.69, 9.17) is 4.74 Å². The molecule has 0 aromatic heterocycles. The zero-order chi connectivity index (χ0) is 12.5. The summed E-state index contributed by atoms with van der Waals surface area (Å²) >= 11 is 1.59. The Hall–Kier alpha value is -1.48. The van der Waals surface area contributed by atoms with Crippen molar-refractivity contribution in [3.63, 3.8) is 0 Å². The van der Waals surface area contributed by atoms with Crippen molar-refractivity contribution in [1.82, 2.24) is 0 Å². The van der Waals surface area contributed by atoms with Crippen molar-refractivity contribution < 1.29 is 9.53 Å². The van der Waals surface area contributed by atoms with Gasteiger partial charge in [-0.2, -0.15) is 0 Å². The van der Waals surface area contributed by atoms with Gasteiger partial charge in [-0.15, -0.1) is 18.3 Å². The summed E-state index contributed by atoms with van der Waals surface area (Å²) in [5, 5.41) is 1.85. The Morgan fingerprint density at radius 3 is 2.71 bits per heavy atom. The second-order valence-corrected chi connectivity index (χ2v) is 4.28. The third kappa shape index (κ3) is 4.91. The van der Waals surface area contributed by atoms with E-state index in [-0.39, 0.29) is 5.97 Å². The highest BCUT2D eigenvalue weighted by molar-refractivity contribution is 8.01. The first-order chi connectivity index (χ1) is 8.27. The van der Waals surface area contributed by atoms with E-state index < -0.39 is 0 Å². The number of methoxy groups -OCH3 is 1. The van der Waals surface area contributed by atoms with Crippen LogP contribution in [0.25, 0.3) is 0 Å². The molecule has 1 rings (SSSR count). The molecule has 0 fully saturated rings. The smallest absolute Gasteiger partial charge is 0.334 e. The summed E-state index contributed by atoms with van der Waals surface area (Å²) in [6.07, 6.45) is 2.24. The lowest BCUT2D eigenvalue weighted by atomic mass is 10.2. The maximum atomic E-state index is 11.4. The summed E-state index contributed by atoms with van der Waals surface area (Å²) in [5.74, 6) is 0.559. The molecule has 2 nitrogen and oxygen atoms in total. The molecule has 0 N–H and O–H groups in total. The van der Waals surface area contributed by atoms with Gasteiger partial charge in [0.05, 0.1) is 7.11 Å². The molecule has 0 spiro atoms. The molecule has 0 atom stereocenters. The summed E-state index contributed by atoms with van der Waals surface area (Å²) in [4.78, 5) is 11.4. The minimum absolute atomic E-state index is 0.287. The molecule has 1 aromatic carbocycles. The van der Waals surface area contributed by atoms with Gasteiger partial charge in [0.1, 0.15) is 0 Å². The Morgan fingerprint density at radius 1 is 1.41 bits per heavy atom. The van der Waals surface area contributed by atoms with Crippen LogP contribution in [0.15, 0.2) is 54.0 Å². The third-order valence-electron chi connectivity index (χ3n) is 2.13. The van der Waals surface area contributed by atoms with Crippen molar-refractivity contribution in [2.24, 2.45) is 0 Å². The highest BCUT2D eigenvalue weighted by atomic mass is 32.2. The molecule has 0 saturated heterocycles. The average Bonchev–Trinajstić information content (AvgIpc) is 2.38. The first kappa shape index (κ1) is 13.6. The number of carbonyl (C=O) groups excluding carboxylic acids is 1. The van der Waals surface area contributed by atoms with Gasteiger partial charge in [0.25, 0.3) is 0 Å². The zero-order valence-corrected chi connectivity index (χ0v) is 10.7. The molecule has 0 unspecified atom stereocenters. The minimum Gasteiger partial charge on any atom is -0.466 e. The number of allylic oxidation sites excluding steroid dienone is 1. The summed E-state index contributed by atoms with van der Waals surface area (Å²) in [7, 11) is 1.39. The van der Waals surface area contributed by atoms with E-state index in [1.165, 1.54) is 12.7 Å². The molecule has 0 amide bonds. The van der Waals surface area contributed by atoms with Gasteiger partial charge in [-0.25, -0.2) is 4.79 Å². The molecule has 0 radical (unpaired) electrons. The summed E-state index contributed by atoms with van der Waals surface area (Å²) in [6.45, 7) is 3.63. The van der Waals surface area contributed by atoms with Crippen molar-refractivity contribution in [2.75, 3.05) is 7.11 Å². The van der Waals surface area contributed by atoms with Gasteiger partial charge in [0.15, 0.2) is 0 Å². The fourth-order valence-corrected chi connectivity index (χ4v) is 2.14. The lowest BCUT2D eigenvalue weighted by molar-refractivity contribution is -0.136. The van der Waals surface area contributed by atoms with E-state index in [1.807, 2.05) is 23.6 Å². The van der Waals surface area contributed by atoms with Gasteiger partial charge in [0, 0.05) is 11.3 Å². The normalized spacial score (nSPS) is 11.0. The molecule has 17 heavy (non-hydrogen) atoms. The Kier molecular flexibility index (Phi) is 6.18. The predicted molar refractivity (Wildman–Crippen MR) is 72.7 cm³/mol. The van der Waals surface area contributed by atoms with E-state index in [9.17, 15) is 4.79 Å². The number of rotatable bonds is 6. The number of thioether (sulfide) groups is 1. The van der Waals surface area contributed by atoms with Crippen molar-refractivity contribution in [1.29, 1.82) is 0 Å². The monoisotopic (exact) mass is 248 g/mol. The number of ether oxygens (including phenoxy) is 1. The standard InChI is InChI=1S/C14H16O2S/c1-3-7-13(14(15)16-2)11-17-10-12-8-5-4-6-9-12/h3-6,8-9,11H,1,7,10H2,2H3/b13-11+. The Morgan fingerprint density at radius 2 is 2.12 bits per heavy atom. The Bertz CT molecular complexity index is 396. The van der Waals surface area contributed by atoms with Crippen LogP contribution >= 0.6 is 11.8 Å². The van der Waals surface area contributed by atoms with Crippen LogP contribution in [0.5, 0.6) is 0 Å². The van der Waals surface area contributed by atoms with Gasteiger partial charge in [-0.3, -0.25) is 0 Å². The lowest BCUT2D eigenvalue weighted by Crippen LogP contribution is -2.03. The van der Waals surface area contributed by atoms with E-state index in [1.54, 1.807) is 17.8 Å². The predicted octanol–water partition coefficient (Wildman–Crippen LogP) is 3.55. The van der Waals surface area contributed by atoms with E-state index in [2.05, 4.69) is 18.7 Å². The highest BCUT2D eigenvalue weighted by Gasteiger charge is 2.06. The second kappa shape index (κ2) is 7.74. The molecule has 0 heterocycles. The van der Waals surface area contributed by atoms with Gasteiger partial charge in [-0.05, 0) is 17.4 Å². The number of hydrogen-bond donors (Lipinski definition) is 0. The molecule has 0 saturated carbocycles. The summed E-state index contributed by atoms with van der Waals surface area (Å²) in [6, 6.07) is 10.1. The van der Waals surface area contributed by atoms with Crippen LogP contribution in [-0.2, 0) is 15.3 Å².